The first kappa shape index (κ1) is 18.3. The summed E-state index contributed by atoms with van der Waals surface area (Å²) in [4.78, 5) is 26.2. The van der Waals surface area contributed by atoms with Gasteiger partial charge < -0.3 is 10.1 Å². The second kappa shape index (κ2) is 8.27. The molecule has 136 valence electrons. The molecule has 26 heavy (non-hydrogen) atoms. The molecule has 1 saturated heterocycles. The van der Waals surface area contributed by atoms with Crippen LogP contribution in [-0.4, -0.2) is 24.2 Å². The number of para-hydroxylation sites is 1. The van der Waals surface area contributed by atoms with Crippen LogP contribution in [0.4, 0.5) is 11.4 Å². The Bertz CT molecular complexity index is 792. The second-order valence-electron chi connectivity index (χ2n) is 5.84. The van der Waals surface area contributed by atoms with E-state index in [2.05, 4.69) is 5.32 Å². The Balaban J connectivity index is 1.92. The molecule has 1 aliphatic heterocycles. The van der Waals surface area contributed by atoms with Crippen LogP contribution in [0, 0.1) is 0 Å². The number of carbonyl (C=O) groups is 2. The first-order chi connectivity index (χ1) is 12.6. The lowest BCUT2D eigenvalue weighted by Crippen LogP contribution is -2.28. The van der Waals surface area contributed by atoms with Gasteiger partial charge in [0.2, 0.25) is 11.8 Å². The number of rotatable bonds is 6. The lowest BCUT2D eigenvalue weighted by molar-refractivity contribution is -0.116. The van der Waals surface area contributed by atoms with Crippen LogP contribution in [0.1, 0.15) is 31.2 Å². The van der Waals surface area contributed by atoms with Crippen molar-refractivity contribution in [3.8, 4) is 5.75 Å². The number of benzene rings is 2. The Morgan fingerprint density at radius 1 is 1.19 bits per heavy atom. The van der Waals surface area contributed by atoms with Crippen LogP contribution in [0.25, 0.3) is 0 Å². The highest BCUT2D eigenvalue weighted by atomic mass is 32.2. The summed E-state index contributed by atoms with van der Waals surface area (Å²) in [5.74, 6) is 1.20. The molecular formula is C20H22N2O3S. The Labute approximate surface area is 157 Å². The van der Waals surface area contributed by atoms with Gasteiger partial charge in [-0.05, 0) is 37.3 Å². The lowest BCUT2D eigenvalue weighted by atomic mass is 10.1. The molecule has 1 heterocycles. The highest BCUT2D eigenvalue weighted by Gasteiger charge is 2.35. The maximum Gasteiger partial charge on any atom is 0.238 e. The molecule has 0 unspecified atom stereocenters. The Kier molecular flexibility index (Phi) is 5.83. The van der Waals surface area contributed by atoms with Crippen LogP contribution in [0.3, 0.4) is 0 Å². The molecular weight excluding hydrogens is 348 g/mol. The summed E-state index contributed by atoms with van der Waals surface area (Å²) in [6.07, 6.45) is 0.410. The van der Waals surface area contributed by atoms with Crippen molar-refractivity contribution in [2.24, 2.45) is 0 Å². The molecule has 0 bridgehead atoms. The van der Waals surface area contributed by atoms with Crippen LogP contribution in [0.2, 0.25) is 0 Å². The largest absolute Gasteiger partial charge is 0.494 e. The van der Waals surface area contributed by atoms with Crippen LogP contribution < -0.4 is 15.0 Å². The van der Waals surface area contributed by atoms with Crippen LogP contribution in [0.5, 0.6) is 5.75 Å². The van der Waals surface area contributed by atoms with Crippen molar-refractivity contribution in [3.63, 3.8) is 0 Å². The molecule has 0 saturated carbocycles. The van der Waals surface area contributed by atoms with Crippen molar-refractivity contribution < 1.29 is 14.3 Å². The molecule has 1 atom stereocenters. The van der Waals surface area contributed by atoms with Crippen molar-refractivity contribution in [3.05, 3.63) is 54.1 Å². The van der Waals surface area contributed by atoms with E-state index in [-0.39, 0.29) is 17.2 Å². The number of ether oxygens (including phenoxy) is 1. The molecule has 1 N–H and O–H groups in total. The summed E-state index contributed by atoms with van der Waals surface area (Å²) in [5, 5.41) is 2.77. The third-order valence-corrected chi connectivity index (χ3v) is 5.31. The molecule has 5 nitrogen and oxygen atoms in total. The van der Waals surface area contributed by atoms with E-state index in [0.717, 1.165) is 22.7 Å². The van der Waals surface area contributed by atoms with E-state index < -0.39 is 0 Å². The zero-order valence-corrected chi connectivity index (χ0v) is 15.7. The van der Waals surface area contributed by atoms with Gasteiger partial charge >= 0.3 is 0 Å². The minimum Gasteiger partial charge on any atom is -0.494 e. The predicted molar refractivity (Wildman–Crippen MR) is 106 cm³/mol. The van der Waals surface area contributed by atoms with E-state index in [4.69, 9.17) is 4.74 Å². The fourth-order valence-electron chi connectivity index (χ4n) is 2.87. The van der Waals surface area contributed by atoms with Gasteiger partial charge in [0, 0.05) is 23.4 Å². The predicted octanol–water partition coefficient (Wildman–Crippen LogP) is 4.21. The number of hydrogen-bond donors (Lipinski definition) is 1. The third-order valence-electron chi connectivity index (χ3n) is 4.12. The van der Waals surface area contributed by atoms with Gasteiger partial charge in [0.05, 0.1) is 12.4 Å². The minimum atomic E-state index is -0.172. The molecule has 0 spiro atoms. The molecule has 2 aromatic carbocycles. The van der Waals surface area contributed by atoms with Gasteiger partial charge in [0.25, 0.3) is 0 Å². The molecule has 0 aromatic heterocycles. The van der Waals surface area contributed by atoms with Gasteiger partial charge in [-0.2, -0.15) is 0 Å². The van der Waals surface area contributed by atoms with Crippen molar-refractivity contribution in [1.82, 2.24) is 0 Å². The summed E-state index contributed by atoms with van der Waals surface area (Å²) in [6, 6.07) is 15.2. The molecule has 1 fully saturated rings. The Morgan fingerprint density at radius 3 is 2.62 bits per heavy atom. The quantitative estimate of drug-likeness (QED) is 0.827. The number of thioether (sulfide) groups is 1. The van der Waals surface area contributed by atoms with E-state index in [9.17, 15) is 9.59 Å². The maximum absolute atomic E-state index is 12.5. The second-order valence-corrected chi connectivity index (χ2v) is 6.91. The summed E-state index contributed by atoms with van der Waals surface area (Å²) >= 11 is 1.56. The summed E-state index contributed by atoms with van der Waals surface area (Å²) in [6.45, 7) is 4.36. The van der Waals surface area contributed by atoms with Crippen LogP contribution in [-0.2, 0) is 9.59 Å². The van der Waals surface area contributed by atoms with E-state index >= 15 is 0 Å². The number of anilines is 2. The lowest BCUT2D eigenvalue weighted by Gasteiger charge is -2.26. The molecule has 0 aliphatic carbocycles. The van der Waals surface area contributed by atoms with E-state index in [1.54, 1.807) is 16.7 Å². The van der Waals surface area contributed by atoms with Crippen LogP contribution in [0.15, 0.2) is 48.5 Å². The Morgan fingerprint density at radius 2 is 1.92 bits per heavy atom. The van der Waals surface area contributed by atoms with Gasteiger partial charge in [-0.15, -0.1) is 11.8 Å². The number of carbonyl (C=O) groups excluding carboxylic acids is 2. The summed E-state index contributed by atoms with van der Waals surface area (Å²) < 4.78 is 5.48. The highest BCUT2D eigenvalue weighted by Crippen LogP contribution is 2.44. The van der Waals surface area contributed by atoms with Gasteiger partial charge in [0.1, 0.15) is 11.1 Å². The van der Waals surface area contributed by atoms with Crippen LogP contribution >= 0.6 is 11.8 Å². The molecule has 2 aromatic rings. The third kappa shape index (κ3) is 3.85. The number of nitrogens with zero attached hydrogens (tertiary/aromatic N) is 1. The molecule has 6 heteroatoms. The average molecular weight is 370 g/mol. The first-order valence-electron chi connectivity index (χ1n) is 8.69. The van der Waals surface area contributed by atoms with Gasteiger partial charge in [-0.3, -0.25) is 14.5 Å². The fraction of sp³-hybridized carbons (Fsp3) is 0.300. The van der Waals surface area contributed by atoms with Crippen molar-refractivity contribution in [1.29, 1.82) is 0 Å². The van der Waals surface area contributed by atoms with Crippen molar-refractivity contribution in [2.45, 2.75) is 25.6 Å². The zero-order chi connectivity index (χ0) is 18.5. The number of nitrogens with one attached hydrogen (secondary N) is 1. The van der Waals surface area contributed by atoms with E-state index in [0.29, 0.717) is 18.8 Å². The highest BCUT2D eigenvalue weighted by molar-refractivity contribution is 8.00. The van der Waals surface area contributed by atoms with Crippen molar-refractivity contribution in [2.75, 3.05) is 22.6 Å². The number of hydrogen-bond acceptors (Lipinski definition) is 4. The average Bonchev–Trinajstić information content (AvgIpc) is 3.04. The zero-order valence-electron chi connectivity index (χ0n) is 14.9. The summed E-state index contributed by atoms with van der Waals surface area (Å²) in [5.41, 5.74) is 2.51. The number of amides is 2. The minimum absolute atomic E-state index is 0.0422. The molecule has 2 amide bonds. The van der Waals surface area contributed by atoms with Gasteiger partial charge in [-0.1, -0.05) is 25.1 Å². The van der Waals surface area contributed by atoms with Gasteiger partial charge in [0.15, 0.2) is 0 Å². The molecule has 0 radical (unpaired) electrons. The fourth-order valence-corrected chi connectivity index (χ4v) is 4.08. The topological polar surface area (TPSA) is 58.6 Å². The molecule has 3 rings (SSSR count). The van der Waals surface area contributed by atoms with Crippen molar-refractivity contribution >= 4 is 35.0 Å². The monoisotopic (exact) mass is 370 g/mol. The van der Waals surface area contributed by atoms with Gasteiger partial charge in [-0.25, -0.2) is 0 Å². The maximum atomic E-state index is 12.5. The summed E-state index contributed by atoms with van der Waals surface area (Å²) in [7, 11) is 0. The van der Waals surface area contributed by atoms with E-state index in [1.807, 2.05) is 62.4 Å². The molecule has 1 aliphatic rings. The SMILES string of the molecule is CCOc1ccc(N2C(=O)CS[C@@H]2c2ccccc2NC(=O)CC)cc1. The first-order valence-corrected chi connectivity index (χ1v) is 9.74. The smallest absolute Gasteiger partial charge is 0.238 e. The standard InChI is InChI=1S/C20H22N2O3S/c1-3-18(23)21-17-8-6-5-7-16(17)20-22(19(24)13-26-20)14-9-11-15(12-10-14)25-4-2/h5-12,20H,3-4,13H2,1-2H3,(H,21,23)/t20-/m1/s1. The normalized spacial score (nSPS) is 16.6. The van der Waals surface area contributed by atoms with E-state index in [1.165, 1.54) is 0 Å². The Hall–Kier alpha value is -2.47.